The molecular formula is C38H46F4N14O2. The Morgan fingerprint density at radius 2 is 1.03 bits per heavy atom. The number of carbonyl (C=O) groups is 2. The Bertz CT molecular complexity index is 2100. The number of hydrogen-bond acceptors (Lipinski definition) is 10. The normalized spacial score (nSPS) is 20.1. The summed E-state index contributed by atoms with van der Waals surface area (Å²) >= 11 is 0. The molecule has 6 N–H and O–H groups in total. The van der Waals surface area contributed by atoms with E-state index in [1.165, 1.54) is 0 Å². The molecule has 308 valence electrons. The Kier molecular flexibility index (Phi) is 12.1. The number of fused-ring (bicyclic) bond motifs is 2. The number of H-pyrrole nitrogens is 2. The van der Waals surface area contributed by atoms with E-state index < -0.39 is 11.8 Å². The lowest BCUT2D eigenvalue weighted by atomic mass is 9.91. The predicted octanol–water partition coefficient (Wildman–Crippen LogP) is 4.86. The smallest absolute Gasteiger partial charge is 0.272 e. The minimum atomic E-state index is -2.72. The first kappa shape index (κ1) is 40.4. The molecule has 6 aromatic heterocycles. The van der Waals surface area contributed by atoms with Gasteiger partial charge in [0.1, 0.15) is 24.3 Å². The largest absolute Gasteiger partial charge is 0.348 e. The fourth-order valence-electron chi connectivity index (χ4n) is 7.29. The van der Waals surface area contributed by atoms with Crippen LogP contribution in [0.2, 0.25) is 0 Å². The summed E-state index contributed by atoms with van der Waals surface area (Å²) in [5.74, 6) is -4.83. The monoisotopic (exact) mass is 806 g/mol. The molecule has 0 aromatic carbocycles. The van der Waals surface area contributed by atoms with E-state index in [0.717, 1.165) is 76.0 Å². The van der Waals surface area contributed by atoms with Crippen molar-refractivity contribution in [3.05, 3.63) is 73.4 Å². The Balaban J connectivity index is 0.000000177. The molecule has 2 aliphatic carbocycles. The second-order valence-corrected chi connectivity index (χ2v) is 15.2. The van der Waals surface area contributed by atoms with E-state index in [1.807, 2.05) is 12.1 Å². The number of carbonyl (C=O) groups excluding carboxylic acids is 2. The molecule has 16 nitrogen and oxygen atoms in total. The number of nitrogens with zero attached hydrogens (tertiary/aromatic N) is 8. The Morgan fingerprint density at radius 1 is 0.655 bits per heavy atom. The molecular weight excluding hydrogens is 761 g/mol. The molecule has 6 heterocycles. The van der Waals surface area contributed by atoms with E-state index in [2.05, 4.69) is 61.6 Å². The zero-order chi connectivity index (χ0) is 40.9. The predicted molar refractivity (Wildman–Crippen MR) is 206 cm³/mol. The zero-order valence-electron chi connectivity index (χ0n) is 32.1. The summed E-state index contributed by atoms with van der Waals surface area (Å²) in [7, 11) is 0. The maximum Gasteiger partial charge on any atom is 0.272 e. The standard InChI is InChI=1S/2C19H23F2N7O/c2*1-19(20,21)10-23-13-2-4-14(5-3-13)25-18(29)17-16-12(9-24-27-16)8-15(26-17)28-7-6-22-11-28/h2*6-9,11,13-14,23H,2-5,10H2,1H3,(H,24,27)(H,25,29). The Labute approximate surface area is 330 Å². The van der Waals surface area contributed by atoms with Gasteiger partial charge in [-0.15, -0.1) is 0 Å². The Morgan fingerprint density at radius 3 is 1.38 bits per heavy atom. The highest BCUT2D eigenvalue weighted by atomic mass is 19.3. The summed E-state index contributed by atoms with van der Waals surface area (Å²) in [6, 6.07) is 3.74. The van der Waals surface area contributed by atoms with Gasteiger partial charge in [0.05, 0.1) is 36.5 Å². The van der Waals surface area contributed by atoms with Crippen LogP contribution in [0, 0.1) is 0 Å². The van der Waals surface area contributed by atoms with Crippen LogP contribution in [0.15, 0.2) is 62.0 Å². The molecule has 2 saturated carbocycles. The van der Waals surface area contributed by atoms with Crippen LogP contribution in [0.1, 0.15) is 86.2 Å². The quantitative estimate of drug-likeness (QED) is 0.0929. The number of pyridine rings is 2. The highest BCUT2D eigenvalue weighted by molar-refractivity contribution is 6.05. The number of amides is 2. The van der Waals surface area contributed by atoms with E-state index in [0.29, 0.717) is 22.7 Å². The van der Waals surface area contributed by atoms with E-state index >= 15 is 0 Å². The highest BCUT2D eigenvalue weighted by Crippen LogP contribution is 2.24. The number of alkyl halides is 4. The zero-order valence-corrected chi connectivity index (χ0v) is 32.1. The second-order valence-electron chi connectivity index (χ2n) is 15.2. The van der Waals surface area contributed by atoms with Gasteiger partial charge < -0.3 is 21.3 Å². The van der Waals surface area contributed by atoms with Gasteiger partial charge in [-0.3, -0.25) is 28.9 Å². The number of imidazole rings is 2. The first-order valence-electron chi connectivity index (χ1n) is 19.3. The number of hydrogen-bond donors (Lipinski definition) is 6. The summed E-state index contributed by atoms with van der Waals surface area (Å²) in [4.78, 5) is 42.9. The molecule has 20 heteroatoms. The average Bonchev–Trinajstić information content (AvgIpc) is 4.04. The minimum Gasteiger partial charge on any atom is -0.348 e. The molecule has 0 atom stereocenters. The van der Waals surface area contributed by atoms with Gasteiger partial charge in [-0.25, -0.2) is 37.5 Å². The van der Waals surface area contributed by atoms with E-state index in [9.17, 15) is 27.2 Å². The van der Waals surface area contributed by atoms with Gasteiger partial charge in [0.2, 0.25) is 0 Å². The maximum atomic E-state index is 13.0. The molecule has 0 radical (unpaired) electrons. The third-order valence-electron chi connectivity index (χ3n) is 10.3. The van der Waals surface area contributed by atoms with E-state index in [-0.39, 0.29) is 60.5 Å². The van der Waals surface area contributed by atoms with Crippen molar-refractivity contribution in [2.24, 2.45) is 0 Å². The van der Waals surface area contributed by atoms with Crippen molar-refractivity contribution in [3.8, 4) is 11.6 Å². The highest BCUT2D eigenvalue weighted by Gasteiger charge is 2.29. The average molecular weight is 807 g/mol. The fraction of sp³-hybridized carbons (Fsp3) is 0.474. The molecule has 2 fully saturated rings. The van der Waals surface area contributed by atoms with Crippen molar-refractivity contribution in [1.82, 2.24) is 70.7 Å². The van der Waals surface area contributed by atoms with Crippen LogP contribution in [0.3, 0.4) is 0 Å². The molecule has 0 saturated heterocycles. The summed E-state index contributed by atoms with van der Waals surface area (Å²) in [6.45, 7) is 1.18. The number of aromatic nitrogens is 10. The summed E-state index contributed by atoms with van der Waals surface area (Å²) in [5.41, 5.74) is 1.70. The molecule has 0 aliphatic heterocycles. The first-order chi connectivity index (χ1) is 27.8. The number of halogens is 4. The van der Waals surface area contributed by atoms with Crippen LogP contribution in [0.25, 0.3) is 33.4 Å². The maximum absolute atomic E-state index is 13.0. The van der Waals surface area contributed by atoms with E-state index in [4.69, 9.17) is 0 Å². The van der Waals surface area contributed by atoms with Crippen molar-refractivity contribution < 1.29 is 27.2 Å². The van der Waals surface area contributed by atoms with Gasteiger partial charge in [0, 0.05) is 73.6 Å². The number of aromatic amines is 2. The molecule has 0 spiro atoms. The lowest BCUT2D eigenvalue weighted by molar-refractivity contribution is 0.0177. The van der Waals surface area contributed by atoms with Crippen LogP contribution in [0.4, 0.5) is 17.6 Å². The van der Waals surface area contributed by atoms with Gasteiger partial charge in [0.15, 0.2) is 11.4 Å². The van der Waals surface area contributed by atoms with E-state index in [1.54, 1.807) is 59.0 Å². The molecule has 8 rings (SSSR count). The van der Waals surface area contributed by atoms with Crippen molar-refractivity contribution in [1.29, 1.82) is 0 Å². The van der Waals surface area contributed by atoms with Gasteiger partial charge in [-0.2, -0.15) is 10.2 Å². The van der Waals surface area contributed by atoms with Crippen molar-refractivity contribution in [2.45, 2.75) is 101 Å². The summed E-state index contributed by atoms with van der Waals surface area (Å²) < 4.78 is 55.5. The van der Waals surface area contributed by atoms with Gasteiger partial charge in [-0.05, 0) is 63.5 Å². The molecule has 58 heavy (non-hydrogen) atoms. The van der Waals surface area contributed by atoms with Crippen LogP contribution >= 0.6 is 0 Å². The van der Waals surface area contributed by atoms with Gasteiger partial charge >= 0.3 is 0 Å². The summed E-state index contributed by atoms with van der Waals surface area (Å²) in [6.07, 6.45) is 19.2. The van der Waals surface area contributed by atoms with Gasteiger partial charge in [0.25, 0.3) is 23.7 Å². The number of nitrogens with one attached hydrogen (secondary N) is 6. The van der Waals surface area contributed by atoms with Gasteiger partial charge in [-0.1, -0.05) is 0 Å². The second kappa shape index (κ2) is 17.4. The molecule has 0 bridgehead atoms. The third-order valence-corrected chi connectivity index (χ3v) is 10.3. The van der Waals surface area contributed by atoms with Crippen molar-refractivity contribution in [3.63, 3.8) is 0 Å². The lowest BCUT2D eigenvalue weighted by Crippen LogP contribution is -2.44. The SMILES string of the molecule is CC(F)(F)CNC1CCC(NC(=O)c2nc(-n3ccnc3)cc3cn[nH]c23)CC1.CC(F)(F)CNC1CCC(NC(=O)c2nc(-n3ccnc3)cc3cn[nH]c23)CC1. The first-order valence-corrected chi connectivity index (χ1v) is 19.3. The lowest BCUT2D eigenvalue weighted by Gasteiger charge is -2.30. The molecule has 6 aromatic rings. The third kappa shape index (κ3) is 10.4. The van der Waals surface area contributed by atoms with Crippen LogP contribution < -0.4 is 21.3 Å². The molecule has 2 aliphatic rings. The van der Waals surface area contributed by atoms with Crippen LogP contribution in [0.5, 0.6) is 0 Å². The number of rotatable bonds is 12. The van der Waals surface area contributed by atoms with Crippen molar-refractivity contribution in [2.75, 3.05) is 13.1 Å². The minimum absolute atomic E-state index is 0.0145. The summed E-state index contributed by atoms with van der Waals surface area (Å²) in [5, 5.41) is 27.2. The van der Waals surface area contributed by atoms with Crippen molar-refractivity contribution >= 4 is 33.6 Å². The van der Waals surface area contributed by atoms with Crippen LogP contribution in [-0.4, -0.2) is 110 Å². The fourth-order valence-corrected chi connectivity index (χ4v) is 7.29. The Hall–Kier alpha value is -5.76. The topological polar surface area (TPSA) is 201 Å². The van der Waals surface area contributed by atoms with Crippen LogP contribution in [-0.2, 0) is 0 Å². The molecule has 0 unspecified atom stereocenters. The molecule has 2 amide bonds.